The molecule has 1 aliphatic rings. The van der Waals surface area contributed by atoms with Crippen molar-refractivity contribution in [2.24, 2.45) is 5.92 Å². The third-order valence-corrected chi connectivity index (χ3v) is 5.91. The summed E-state index contributed by atoms with van der Waals surface area (Å²) < 4.78 is 14.8. The van der Waals surface area contributed by atoms with Crippen LogP contribution in [0.1, 0.15) is 77.8 Å². The molecule has 1 N–H and O–H groups in total. The number of allylic oxidation sites excluding steroid dienone is 7. The van der Waals surface area contributed by atoms with E-state index in [0.717, 1.165) is 49.1 Å². The molecule has 0 fully saturated rings. The summed E-state index contributed by atoms with van der Waals surface area (Å²) in [4.78, 5) is 0. The first-order chi connectivity index (χ1) is 15.9. The summed E-state index contributed by atoms with van der Waals surface area (Å²) >= 11 is 0. The first-order valence-corrected chi connectivity index (χ1v) is 12.3. The molecular weight excluding hydrogens is 407 g/mol. The second kappa shape index (κ2) is 15.1. The number of halogens is 1. The molecule has 0 saturated carbocycles. The van der Waals surface area contributed by atoms with E-state index < -0.39 is 0 Å². The molecule has 0 heterocycles. The van der Waals surface area contributed by atoms with Crippen molar-refractivity contribution >= 4 is 5.70 Å². The molecule has 1 aromatic carbocycles. The summed E-state index contributed by atoms with van der Waals surface area (Å²) in [6, 6.07) is 7.47. The molecule has 0 radical (unpaired) electrons. The number of nitriles is 1. The number of hydrogen-bond acceptors (Lipinski definition) is 2. The van der Waals surface area contributed by atoms with E-state index in [1.165, 1.54) is 17.2 Å². The highest BCUT2D eigenvalue weighted by molar-refractivity contribution is 5.65. The fourth-order valence-electron chi connectivity index (χ4n) is 4.12. The third kappa shape index (κ3) is 8.21. The minimum Gasteiger partial charge on any atom is -0.385 e. The number of hydrogen-bond donors (Lipinski definition) is 1. The van der Waals surface area contributed by atoms with E-state index in [9.17, 15) is 9.65 Å². The van der Waals surface area contributed by atoms with Gasteiger partial charge in [-0.05, 0) is 67.4 Å². The molecule has 2 rings (SSSR count). The zero-order chi connectivity index (χ0) is 24.8. The van der Waals surface area contributed by atoms with Crippen LogP contribution in [0, 0.1) is 23.1 Å². The average Bonchev–Trinajstić information content (AvgIpc) is 2.99. The molecule has 0 spiro atoms. The molecule has 0 aliphatic heterocycles. The Morgan fingerprint density at radius 3 is 2.64 bits per heavy atom. The van der Waals surface area contributed by atoms with Crippen molar-refractivity contribution in [1.29, 1.82) is 5.26 Å². The summed E-state index contributed by atoms with van der Waals surface area (Å²) in [6.45, 7) is 19.4. The monoisotopic (exact) mass is 448 g/mol. The van der Waals surface area contributed by atoms with Gasteiger partial charge in [0.2, 0.25) is 0 Å². The lowest BCUT2D eigenvalue weighted by Crippen LogP contribution is -2.15. The zero-order valence-corrected chi connectivity index (χ0v) is 21.2. The molecule has 1 aromatic rings. The molecular formula is C30H41FN2. The molecule has 2 nitrogen and oxygen atoms in total. The van der Waals surface area contributed by atoms with Crippen LogP contribution in [0.4, 0.5) is 4.39 Å². The minimum atomic E-state index is -0.210. The molecule has 3 heteroatoms. The van der Waals surface area contributed by atoms with Crippen LogP contribution in [0.3, 0.4) is 0 Å². The molecule has 1 unspecified atom stereocenters. The van der Waals surface area contributed by atoms with Gasteiger partial charge in [-0.3, -0.25) is 0 Å². The zero-order valence-electron chi connectivity index (χ0n) is 21.2. The van der Waals surface area contributed by atoms with Gasteiger partial charge in [-0.25, -0.2) is 4.39 Å². The summed E-state index contributed by atoms with van der Waals surface area (Å²) in [6.07, 6.45) is 11.2. The average molecular weight is 449 g/mol. The highest BCUT2D eigenvalue weighted by Gasteiger charge is 2.19. The van der Waals surface area contributed by atoms with Crippen molar-refractivity contribution in [1.82, 2.24) is 5.32 Å². The maximum atomic E-state index is 14.8. The number of rotatable bonds is 11. The number of unbranched alkanes of at least 4 members (excludes halogenated alkanes) is 2. The van der Waals surface area contributed by atoms with Crippen molar-refractivity contribution in [3.05, 3.63) is 88.8 Å². The smallest absolute Gasteiger partial charge is 0.127 e. The largest absolute Gasteiger partial charge is 0.385 e. The summed E-state index contributed by atoms with van der Waals surface area (Å²) in [5, 5.41) is 12.8. The van der Waals surface area contributed by atoms with Crippen LogP contribution in [-0.4, -0.2) is 6.54 Å². The van der Waals surface area contributed by atoms with Crippen LogP contribution in [0.2, 0.25) is 0 Å². The Morgan fingerprint density at radius 2 is 2.00 bits per heavy atom. The minimum absolute atomic E-state index is 0.174. The van der Waals surface area contributed by atoms with Gasteiger partial charge in [-0.2, -0.15) is 5.26 Å². The number of nitrogens with one attached hydrogen (secondary N) is 1. The van der Waals surface area contributed by atoms with E-state index in [1.807, 2.05) is 38.1 Å². The maximum Gasteiger partial charge on any atom is 0.127 e. The Hall–Kier alpha value is -2.86. The Bertz CT molecular complexity index is 941. The Kier molecular flexibility index (Phi) is 12.9. The van der Waals surface area contributed by atoms with Gasteiger partial charge in [0.15, 0.2) is 0 Å². The summed E-state index contributed by atoms with van der Waals surface area (Å²) in [5.74, 6) is -0.0359. The summed E-state index contributed by atoms with van der Waals surface area (Å²) in [7, 11) is 0. The van der Waals surface area contributed by atoms with E-state index >= 15 is 0 Å². The predicted molar refractivity (Wildman–Crippen MR) is 141 cm³/mol. The van der Waals surface area contributed by atoms with Crippen molar-refractivity contribution < 1.29 is 4.39 Å². The Balaban J connectivity index is 0.00000265. The SMILES string of the molecule is C=CC(C)C1=C(C)CC=C(C#N)C=C1CCc1c(F)cccc1C(=C)NCCCCC.CC. The molecule has 0 saturated heterocycles. The van der Waals surface area contributed by atoms with Gasteiger partial charge in [0.05, 0.1) is 6.07 Å². The lowest BCUT2D eigenvalue weighted by Gasteiger charge is -2.20. The van der Waals surface area contributed by atoms with Crippen LogP contribution < -0.4 is 5.32 Å². The molecule has 0 bridgehead atoms. The van der Waals surface area contributed by atoms with E-state index in [-0.39, 0.29) is 11.7 Å². The lowest BCUT2D eigenvalue weighted by atomic mass is 9.85. The highest BCUT2D eigenvalue weighted by Crippen LogP contribution is 2.33. The predicted octanol–water partition coefficient (Wildman–Crippen LogP) is 8.45. The van der Waals surface area contributed by atoms with E-state index in [4.69, 9.17) is 0 Å². The van der Waals surface area contributed by atoms with Gasteiger partial charge in [-0.15, -0.1) is 6.58 Å². The molecule has 0 amide bonds. The van der Waals surface area contributed by atoms with Gasteiger partial charge in [0, 0.05) is 23.4 Å². The number of nitrogens with zero attached hydrogens (tertiary/aromatic N) is 1. The van der Waals surface area contributed by atoms with Gasteiger partial charge in [0.25, 0.3) is 0 Å². The fraction of sp³-hybridized carbons (Fsp3) is 0.433. The molecule has 0 aromatic heterocycles. The lowest BCUT2D eigenvalue weighted by molar-refractivity contribution is 0.606. The van der Waals surface area contributed by atoms with Crippen molar-refractivity contribution in [2.45, 2.75) is 73.1 Å². The topological polar surface area (TPSA) is 35.8 Å². The fourth-order valence-corrected chi connectivity index (χ4v) is 4.12. The van der Waals surface area contributed by atoms with E-state index in [0.29, 0.717) is 24.0 Å². The molecule has 33 heavy (non-hydrogen) atoms. The van der Waals surface area contributed by atoms with Crippen LogP contribution in [-0.2, 0) is 6.42 Å². The first kappa shape index (κ1) is 28.2. The normalized spacial score (nSPS) is 14.1. The van der Waals surface area contributed by atoms with Gasteiger partial charge >= 0.3 is 0 Å². The van der Waals surface area contributed by atoms with Gasteiger partial charge in [0.1, 0.15) is 5.82 Å². The quantitative estimate of drug-likeness (QED) is 0.272. The summed E-state index contributed by atoms with van der Waals surface area (Å²) in [5.41, 5.74) is 6.48. The number of benzene rings is 1. The second-order valence-electron chi connectivity index (χ2n) is 8.24. The molecule has 178 valence electrons. The van der Waals surface area contributed by atoms with Crippen molar-refractivity contribution in [2.75, 3.05) is 6.54 Å². The van der Waals surface area contributed by atoms with Crippen LogP contribution in [0.5, 0.6) is 0 Å². The van der Waals surface area contributed by atoms with Crippen molar-refractivity contribution in [3.63, 3.8) is 0 Å². The van der Waals surface area contributed by atoms with Gasteiger partial charge < -0.3 is 5.32 Å². The van der Waals surface area contributed by atoms with Crippen LogP contribution in [0.15, 0.2) is 71.9 Å². The standard InChI is InChI=1S/C28H35FN2.C2H6/c1-6-8-9-17-31-22(5)25-11-10-12-27(29)26(25)16-15-24-18-23(19-30)14-13-21(4)28(24)20(3)7-2;1-2/h7,10-12,14,18,20,31H,2,5-6,8-9,13,15-17H2,1,3-4H3;1-2H3. The van der Waals surface area contributed by atoms with Crippen molar-refractivity contribution in [3.8, 4) is 6.07 Å². The highest BCUT2D eigenvalue weighted by atomic mass is 19.1. The Labute approximate surface area is 201 Å². The maximum absolute atomic E-state index is 14.8. The third-order valence-electron chi connectivity index (χ3n) is 5.91. The first-order valence-electron chi connectivity index (χ1n) is 12.3. The van der Waals surface area contributed by atoms with E-state index in [1.54, 1.807) is 6.07 Å². The van der Waals surface area contributed by atoms with Crippen LogP contribution in [0.25, 0.3) is 5.70 Å². The van der Waals surface area contributed by atoms with Gasteiger partial charge in [-0.1, -0.05) is 77.0 Å². The second-order valence-corrected chi connectivity index (χ2v) is 8.24. The molecule has 1 aliphatic carbocycles. The Morgan fingerprint density at radius 1 is 1.27 bits per heavy atom. The van der Waals surface area contributed by atoms with Crippen LogP contribution >= 0.6 is 0 Å². The van der Waals surface area contributed by atoms with E-state index in [2.05, 4.69) is 45.3 Å². The molecule has 1 atom stereocenters.